The number of Topliss-reactive ketones (excluding diaryl/α,β-unsaturated/α-hetero) is 1. The van der Waals surface area contributed by atoms with Crippen molar-refractivity contribution in [2.75, 3.05) is 0 Å². The molecule has 1 heterocycles. The minimum atomic E-state index is -0.116. The van der Waals surface area contributed by atoms with Gasteiger partial charge in [-0.25, -0.2) is 4.99 Å². The molecule has 0 spiro atoms. The molecule has 0 saturated heterocycles. The van der Waals surface area contributed by atoms with Gasteiger partial charge in [0.25, 0.3) is 0 Å². The van der Waals surface area contributed by atoms with E-state index in [2.05, 4.69) is 4.99 Å². The van der Waals surface area contributed by atoms with Gasteiger partial charge in [0.1, 0.15) is 6.07 Å². The second kappa shape index (κ2) is 2.81. The van der Waals surface area contributed by atoms with Crippen molar-refractivity contribution in [2.24, 2.45) is 10.9 Å². The Morgan fingerprint density at radius 3 is 2.77 bits per heavy atom. The van der Waals surface area contributed by atoms with Crippen LogP contribution in [0.25, 0.3) is 0 Å². The van der Waals surface area contributed by atoms with Crippen LogP contribution in [0.2, 0.25) is 0 Å². The Kier molecular flexibility index (Phi) is 1.77. The smallest absolute Gasteiger partial charge is 0.196 e. The normalized spacial score (nSPS) is 22.8. The van der Waals surface area contributed by atoms with Gasteiger partial charge in [0.15, 0.2) is 11.5 Å². The predicted octanol–water partition coefficient (Wildman–Crippen LogP) is 1.61. The van der Waals surface area contributed by atoms with Crippen LogP contribution in [0.3, 0.4) is 0 Å². The zero-order valence-corrected chi connectivity index (χ0v) is 7.50. The van der Waals surface area contributed by atoms with Crippen LogP contribution in [-0.2, 0) is 4.79 Å². The molecular weight excluding hydrogens is 164 g/mol. The summed E-state index contributed by atoms with van der Waals surface area (Å²) in [5.41, 5.74) is 2.12. The molecule has 1 saturated carbocycles. The fourth-order valence-electron chi connectivity index (χ4n) is 1.65. The topological polar surface area (TPSA) is 53.2 Å². The highest BCUT2D eigenvalue weighted by Gasteiger charge is 2.32. The van der Waals surface area contributed by atoms with Crippen molar-refractivity contribution in [1.82, 2.24) is 0 Å². The molecule has 3 heteroatoms. The summed E-state index contributed by atoms with van der Waals surface area (Å²) in [5.74, 6) is 0.461. The average Bonchev–Trinajstić information content (AvgIpc) is 2.91. The summed E-state index contributed by atoms with van der Waals surface area (Å²) >= 11 is 0. The van der Waals surface area contributed by atoms with Crippen molar-refractivity contribution in [3.63, 3.8) is 0 Å². The Morgan fingerprint density at radius 2 is 2.23 bits per heavy atom. The highest BCUT2D eigenvalue weighted by atomic mass is 16.1. The summed E-state index contributed by atoms with van der Waals surface area (Å²) in [7, 11) is 0. The van der Waals surface area contributed by atoms with E-state index in [0.29, 0.717) is 12.3 Å². The third kappa shape index (κ3) is 1.40. The average molecular weight is 174 g/mol. The van der Waals surface area contributed by atoms with Gasteiger partial charge in [0.05, 0.1) is 0 Å². The maximum atomic E-state index is 11.3. The molecular formula is C10H10N2O. The summed E-state index contributed by atoms with van der Waals surface area (Å²) < 4.78 is 0. The van der Waals surface area contributed by atoms with E-state index >= 15 is 0 Å². The number of ketones is 1. The van der Waals surface area contributed by atoms with Gasteiger partial charge in [-0.3, -0.25) is 4.79 Å². The molecule has 2 rings (SSSR count). The van der Waals surface area contributed by atoms with Gasteiger partial charge in [0, 0.05) is 12.1 Å². The molecule has 2 aliphatic rings. The van der Waals surface area contributed by atoms with Gasteiger partial charge in [-0.1, -0.05) is 0 Å². The third-order valence-electron chi connectivity index (χ3n) is 2.54. The first kappa shape index (κ1) is 8.18. The lowest BCUT2D eigenvalue weighted by atomic mass is 9.98. The molecule has 3 nitrogen and oxygen atoms in total. The van der Waals surface area contributed by atoms with Crippen LogP contribution in [0.15, 0.2) is 16.3 Å². The van der Waals surface area contributed by atoms with Crippen LogP contribution in [-0.4, -0.2) is 11.5 Å². The number of hydrogen-bond donors (Lipinski definition) is 0. The number of hydrogen-bond acceptors (Lipinski definition) is 3. The maximum Gasteiger partial charge on any atom is 0.196 e. The van der Waals surface area contributed by atoms with Gasteiger partial charge in [0.2, 0.25) is 0 Å². The molecule has 0 unspecified atom stereocenters. The summed E-state index contributed by atoms with van der Waals surface area (Å²) in [6, 6.07) is 1.83. The Balaban J connectivity index is 2.34. The molecule has 0 N–H and O–H groups in total. The Hall–Kier alpha value is -1.43. The van der Waals surface area contributed by atoms with E-state index in [4.69, 9.17) is 5.26 Å². The molecule has 0 aromatic rings. The molecule has 0 atom stereocenters. The molecule has 0 aromatic heterocycles. The summed E-state index contributed by atoms with van der Waals surface area (Å²) in [5, 5.41) is 8.60. The SMILES string of the molecule is CC1=C(C2CC2)CC(=O)C(C#N)=N1. The largest absolute Gasteiger partial charge is 0.291 e. The predicted molar refractivity (Wildman–Crippen MR) is 48.1 cm³/mol. The van der Waals surface area contributed by atoms with Crippen LogP contribution in [0.1, 0.15) is 26.2 Å². The Labute approximate surface area is 76.8 Å². The zero-order chi connectivity index (χ0) is 9.42. The molecule has 0 amide bonds. The van der Waals surface area contributed by atoms with Crippen molar-refractivity contribution < 1.29 is 4.79 Å². The van der Waals surface area contributed by atoms with Crippen LogP contribution in [0.5, 0.6) is 0 Å². The first-order valence-corrected chi connectivity index (χ1v) is 4.44. The number of nitrogens with zero attached hydrogens (tertiary/aromatic N) is 2. The van der Waals surface area contributed by atoms with E-state index in [1.54, 1.807) is 0 Å². The van der Waals surface area contributed by atoms with E-state index in [1.165, 1.54) is 12.8 Å². The lowest BCUT2D eigenvalue weighted by molar-refractivity contribution is -0.112. The van der Waals surface area contributed by atoms with E-state index in [0.717, 1.165) is 11.3 Å². The fraction of sp³-hybridized carbons (Fsp3) is 0.500. The van der Waals surface area contributed by atoms with E-state index < -0.39 is 0 Å². The summed E-state index contributed by atoms with van der Waals surface area (Å²) in [6.45, 7) is 1.89. The number of carbonyl (C=O) groups is 1. The first-order chi connectivity index (χ1) is 6.22. The number of nitriles is 1. The molecule has 13 heavy (non-hydrogen) atoms. The van der Waals surface area contributed by atoms with Gasteiger partial charge < -0.3 is 0 Å². The van der Waals surface area contributed by atoms with Crippen molar-refractivity contribution in [3.05, 3.63) is 11.3 Å². The number of carbonyl (C=O) groups excluding carboxylic acids is 1. The molecule has 1 fully saturated rings. The van der Waals surface area contributed by atoms with E-state index in [1.807, 2.05) is 13.0 Å². The van der Waals surface area contributed by atoms with Crippen LogP contribution in [0.4, 0.5) is 0 Å². The van der Waals surface area contributed by atoms with Gasteiger partial charge in [-0.2, -0.15) is 5.26 Å². The van der Waals surface area contributed by atoms with E-state index in [-0.39, 0.29) is 11.5 Å². The molecule has 1 aliphatic heterocycles. The summed E-state index contributed by atoms with van der Waals surface area (Å²) in [6.07, 6.45) is 2.78. The van der Waals surface area contributed by atoms with Gasteiger partial charge in [-0.05, 0) is 31.3 Å². The van der Waals surface area contributed by atoms with Crippen LogP contribution < -0.4 is 0 Å². The van der Waals surface area contributed by atoms with Crippen molar-refractivity contribution in [2.45, 2.75) is 26.2 Å². The van der Waals surface area contributed by atoms with E-state index in [9.17, 15) is 4.79 Å². The zero-order valence-electron chi connectivity index (χ0n) is 7.50. The minimum absolute atomic E-state index is 0.0712. The fourth-order valence-corrected chi connectivity index (χ4v) is 1.65. The van der Waals surface area contributed by atoms with Crippen molar-refractivity contribution >= 4 is 11.5 Å². The highest BCUT2D eigenvalue weighted by molar-refractivity contribution is 6.47. The highest BCUT2D eigenvalue weighted by Crippen LogP contribution is 2.41. The Bertz CT molecular complexity index is 367. The second-order valence-electron chi connectivity index (χ2n) is 3.56. The number of rotatable bonds is 1. The summed E-state index contributed by atoms with van der Waals surface area (Å²) in [4.78, 5) is 15.3. The number of aliphatic imine (C=N–C) groups is 1. The minimum Gasteiger partial charge on any atom is -0.291 e. The molecule has 66 valence electrons. The molecule has 1 aliphatic carbocycles. The second-order valence-corrected chi connectivity index (χ2v) is 3.56. The monoisotopic (exact) mass is 174 g/mol. The van der Waals surface area contributed by atoms with Gasteiger partial charge >= 0.3 is 0 Å². The third-order valence-corrected chi connectivity index (χ3v) is 2.54. The lowest BCUT2D eigenvalue weighted by Gasteiger charge is -2.12. The number of allylic oxidation sites excluding steroid dienone is 2. The standard InChI is InChI=1S/C10H10N2O/c1-6-8(7-2-3-7)4-10(13)9(5-11)12-6/h7H,2-4H2,1H3. The van der Waals surface area contributed by atoms with Gasteiger partial charge in [-0.15, -0.1) is 0 Å². The van der Waals surface area contributed by atoms with Crippen molar-refractivity contribution in [3.8, 4) is 6.07 Å². The molecule has 0 radical (unpaired) electrons. The molecule has 0 bridgehead atoms. The van der Waals surface area contributed by atoms with Crippen LogP contribution >= 0.6 is 0 Å². The van der Waals surface area contributed by atoms with Crippen molar-refractivity contribution in [1.29, 1.82) is 5.26 Å². The first-order valence-electron chi connectivity index (χ1n) is 4.44. The maximum absolute atomic E-state index is 11.3. The quantitative estimate of drug-likeness (QED) is 0.606. The molecule has 0 aromatic carbocycles. The Morgan fingerprint density at radius 1 is 1.54 bits per heavy atom. The van der Waals surface area contributed by atoms with Crippen LogP contribution in [0, 0.1) is 17.2 Å². The lowest BCUT2D eigenvalue weighted by Crippen LogP contribution is -2.18.